The zero-order chi connectivity index (χ0) is 12.0. The van der Waals surface area contributed by atoms with Crippen LogP contribution in [-0.2, 0) is 18.2 Å². The van der Waals surface area contributed by atoms with Crippen LogP contribution in [0.5, 0.6) is 0 Å². The molecule has 0 spiro atoms. The van der Waals surface area contributed by atoms with E-state index in [-0.39, 0.29) is 5.60 Å². The van der Waals surface area contributed by atoms with Gasteiger partial charge in [0.25, 0.3) is 0 Å². The van der Waals surface area contributed by atoms with Crippen molar-refractivity contribution in [2.45, 2.75) is 32.8 Å². The molecule has 0 amide bonds. The molecule has 1 rings (SSSR count). The Morgan fingerprint density at radius 1 is 1.38 bits per heavy atom. The molecule has 0 radical (unpaired) electrons. The zero-order valence-electron chi connectivity index (χ0n) is 10.8. The number of aromatic nitrogens is 2. The lowest BCUT2D eigenvalue weighted by molar-refractivity contribution is -0.000716. The van der Waals surface area contributed by atoms with Crippen LogP contribution in [0.15, 0.2) is 12.3 Å². The molecule has 0 aliphatic rings. The summed E-state index contributed by atoms with van der Waals surface area (Å²) in [4.78, 5) is 0. The summed E-state index contributed by atoms with van der Waals surface area (Å²) in [5.74, 6) is 0. The number of aryl methyl sites for hydroxylation is 1. The standard InChI is InChI=1S/C12H23N3O/c1-12(2,3)16-10-9-13-7-5-11-6-8-14-15(11)4/h6,8,13H,5,7,9-10H2,1-4H3. The Balaban J connectivity index is 2.03. The van der Waals surface area contributed by atoms with Crippen molar-refractivity contribution >= 4 is 0 Å². The summed E-state index contributed by atoms with van der Waals surface area (Å²) in [6.45, 7) is 8.84. The van der Waals surface area contributed by atoms with Crippen LogP contribution < -0.4 is 5.32 Å². The predicted molar refractivity (Wildman–Crippen MR) is 65.5 cm³/mol. The Morgan fingerprint density at radius 2 is 2.12 bits per heavy atom. The fourth-order valence-corrected chi connectivity index (χ4v) is 1.42. The number of nitrogens with one attached hydrogen (secondary N) is 1. The highest BCUT2D eigenvalue weighted by Crippen LogP contribution is 2.05. The Bertz CT molecular complexity index is 301. The van der Waals surface area contributed by atoms with Gasteiger partial charge in [0.1, 0.15) is 0 Å². The van der Waals surface area contributed by atoms with Crippen LogP contribution >= 0.6 is 0 Å². The second-order valence-corrected chi connectivity index (χ2v) is 4.91. The summed E-state index contributed by atoms with van der Waals surface area (Å²) in [7, 11) is 1.97. The Hall–Kier alpha value is -0.870. The first kappa shape index (κ1) is 13.2. The third kappa shape index (κ3) is 5.28. The molecule has 0 aliphatic heterocycles. The van der Waals surface area contributed by atoms with Gasteiger partial charge in [-0.15, -0.1) is 0 Å². The molecule has 0 atom stereocenters. The lowest BCUT2D eigenvalue weighted by atomic mass is 10.2. The fourth-order valence-electron chi connectivity index (χ4n) is 1.42. The van der Waals surface area contributed by atoms with E-state index < -0.39 is 0 Å². The minimum absolute atomic E-state index is 0.0380. The molecular weight excluding hydrogens is 202 g/mol. The van der Waals surface area contributed by atoms with Crippen molar-refractivity contribution in [3.05, 3.63) is 18.0 Å². The molecule has 1 N–H and O–H groups in total. The van der Waals surface area contributed by atoms with E-state index >= 15 is 0 Å². The maximum absolute atomic E-state index is 5.61. The number of nitrogens with zero attached hydrogens (tertiary/aromatic N) is 2. The van der Waals surface area contributed by atoms with Crippen LogP contribution in [0.1, 0.15) is 26.5 Å². The van der Waals surface area contributed by atoms with Gasteiger partial charge in [0.15, 0.2) is 0 Å². The molecule has 0 fully saturated rings. The molecule has 0 unspecified atom stereocenters. The molecule has 0 saturated heterocycles. The van der Waals surface area contributed by atoms with Gasteiger partial charge in [-0.25, -0.2) is 0 Å². The quantitative estimate of drug-likeness (QED) is 0.743. The average molecular weight is 225 g/mol. The summed E-state index contributed by atoms with van der Waals surface area (Å²) < 4.78 is 7.52. The molecule has 0 aromatic carbocycles. The van der Waals surface area contributed by atoms with Crippen molar-refractivity contribution in [3.63, 3.8) is 0 Å². The summed E-state index contributed by atoms with van der Waals surface area (Å²) in [6, 6.07) is 2.05. The molecule has 0 saturated carbocycles. The van der Waals surface area contributed by atoms with Gasteiger partial charge < -0.3 is 10.1 Å². The highest BCUT2D eigenvalue weighted by atomic mass is 16.5. The van der Waals surface area contributed by atoms with Crippen LogP contribution in [0.25, 0.3) is 0 Å². The van der Waals surface area contributed by atoms with Gasteiger partial charge >= 0.3 is 0 Å². The van der Waals surface area contributed by atoms with Crippen molar-refractivity contribution in [2.24, 2.45) is 7.05 Å². The maximum Gasteiger partial charge on any atom is 0.0599 e. The minimum atomic E-state index is -0.0380. The predicted octanol–water partition coefficient (Wildman–Crippen LogP) is 1.37. The second-order valence-electron chi connectivity index (χ2n) is 4.91. The SMILES string of the molecule is Cn1nccc1CCNCCOC(C)(C)C. The van der Waals surface area contributed by atoms with Crippen molar-refractivity contribution in [3.8, 4) is 0 Å². The summed E-state index contributed by atoms with van der Waals surface area (Å²) in [5, 5.41) is 7.49. The van der Waals surface area contributed by atoms with Crippen LogP contribution in [0.2, 0.25) is 0 Å². The highest BCUT2D eigenvalue weighted by Gasteiger charge is 2.08. The second kappa shape index (κ2) is 6.01. The summed E-state index contributed by atoms with van der Waals surface area (Å²) >= 11 is 0. The van der Waals surface area contributed by atoms with E-state index in [2.05, 4.69) is 31.2 Å². The molecule has 4 nitrogen and oxygen atoms in total. The van der Waals surface area contributed by atoms with Crippen LogP contribution in [-0.4, -0.2) is 35.1 Å². The summed E-state index contributed by atoms with van der Waals surface area (Å²) in [6.07, 6.45) is 2.84. The number of rotatable bonds is 6. The molecule has 0 bridgehead atoms. The summed E-state index contributed by atoms with van der Waals surface area (Å²) in [5.41, 5.74) is 1.22. The van der Waals surface area contributed by atoms with Crippen molar-refractivity contribution in [1.29, 1.82) is 0 Å². The minimum Gasteiger partial charge on any atom is -0.375 e. The van der Waals surface area contributed by atoms with E-state index in [1.54, 1.807) is 0 Å². The van der Waals surface area contributed by atoms with Gasteiger partial charge in [0, 0.05) is 38.4 Å². The lowest BCUT2D eigenvalue weighted by Crippen LogP contribution is -2.28. The number of hydrogen-bond donors (Lipinski definition) is 1. The number of ether oxygens (including phenoxy) is 1. The van der Waals surface area contributed by atoms with E-state index in [0.717, 1.165) is 26.1 Å². The molecular formula is C12H23N3O. The molecule has 1 aromatic heterocycles. The smallest absolute Gasteiger partial charge is 0.0599 e. The first-order valence-corrected chi connectivity index (χ1v) is 5.80. The third-order valence-corrected chi connectivity index (χ3v) is 2.29. The van der Waals surface area contributed by atoms with Crippen LogP contribution in [0.3, 0.4) is 0 Å². The van der Waals surface area contributed by atoms with E-state index in [1.165, 1.54) is 5.69 Å². The molecule has 16 heavy (non-hydrogen) atoms. The maximum atomic E-state index is 5.61. The fraction of sp³-hybridized carbons (Fsp3) is 0.750. The van der Waals surface area contributed by atoms with Crippen LogP contribution in [0.4, 0.5) is 0 Å². The first-order valence-electron chi connectivity index (χ1n) is 5.80. The monoisotopic (exact) mass is 225 g/mol. The Morgan fingerprint density at radius 3 is 2.69 bits per heavy atom. The molecule has 1 heterocycles. The van der Waals surface area contributed by atoms with Gasteiger partial charge in [0.05, 0.1) is 12.2 Å². The third-order valence-electron chi connectivity index (χ3n) is 2.29. The van der Waals surface area contributed by atoms with Crippen molar-refractivity contribution in [2.75, 3.05) is 19.7 Å². The zero-order valence-corrected chi connectivity index (χ0v) is 10.8. The largest absolute Gasteiger partial charge is 0.375 e. The molecule has 0 aliphatic carbocycles. The lowest BCUT2D eigenvalue weighted by Gasteiger charge is -2.19. The van der Waals surface area contributed by atoms with E-state index in [0.29, 0.717) is 0 Å². The first-order chi connectivity index (χ1) is 7.49. The van der Waals surface area contributed by atoms with E-state index in [1.807, 2.05) is 24.0 Å². The molecule has 92 valence electrons. The van der Waals surface area contributed by atoms with Gasteiger partial charge in [-0.2, -0.15) is 5.10 Å². The van der Waals surface area contributed by atoms with Crippen LogP contribution in [0, 0.1) is 0 Å². The van der Waals surface area contributed by atoms with Crippen molar-refractivity contribution < 1.29 is 4.74 Å². The van der Waals surface area contributed by atoms with E-state index in [9.17, 15) is 0 Å². The average Bonchev–Trinajstić information content (AvgIpc) is 2.56. The van der Waals surface area contributed by atoms with Crippen molar-refractivity contribution in [1.82, 2.24) is 15.1 Å². The van der Waals surface area contributed by atoms with E-state index in [4.69, 9.17) is 4.74 Å². The van der Waals surface area contributed by atoms with Gasteiger partial charge in [-0.3, -0.25) is 4.68 Å². The normalized spacial score (nSPS) is 12.0. The topological polar surface area (TPSA) is 39.1 Å². The van der Waals surface area contributed by atoms with Gasteiger partial charge in [-0.1, -0.05) is 0 Å². The highest BCUT2D eigenvalue weighted by molar-refractivity contribution is 5.00. The molecule has 4 heteroatoms. The number of hydrogen-bond acceptors (Lipinski definition) is 3. The Kier molecular flexibility index (Phi) is 4.96. The van der Waals surface area contributed by atoms with Gasteiger partial charge in [0.2, 0.25) is 0 Å². The van der Waals surface area contributed by atoms with Gasteiger partial charge in [-0.05, 0) is 26.8 Å². The molecule has 1 aromatic rings. The Labute approximate surface area is 98.0 Å².